The van der Waals surface area contributed by atoms with E-state index in [9.17, 15) is 0 Å². The zero-order chi connectivity index (χ0) is 22.8. The summed E-state index contributed by atoms with van der Waals surface area (Å²) in [5, 5.41) is 0. The monoisotopic (exact) mass is 517 g/mol. The third-order valence-electron chi connectivity index (χ3n) is 7.26. The van der Waals surface area contributed by atoms with E-state index >= 15 is 0 Å². The number of halogens is 1. The molecule has 0 bridgehead atoms. The lowest BCUT2D eigenvalue weighted by Crippen LogP contribution is -2.27. The van der Waals surface area contributed by atoms with Crippen LogP contribution in [0.4, 0.5) is 0 Å². The average molecular weight is 519 g/mol. The molecule has 0 fully saturated rings. The lowest BCUT2D eigenvalue weighted by molar-refractivity contribution is 0.251. The molecule has 0 aromatic carbocycles. The Kier molecular flexibility index (Phi) is 31.9. The van der Waals surface area contributed by atoms with E-state index in [0.717, 1.165) is 6.04 Å². The second-order valence-electron chi connectivity index (χ2n) is 10.6. The van der Waals surface area contributed by atoms with Gasteiger partial charge in [0.25, 0.3) is 0 Å². The average Bonchev–Trinajstić information content (AvgIpc) is 2.76. The van der Waals surface area contributed by atoms with Crippen LogP contribution in [0.2, 0.25) is 0 Å². The van der Waals surface area contributed by atoms with E-state index in [1.807, 2.05) is 0 Å². The third-order valence-corrected chi connectivity index (χ3v) is 7.26. The molecule has 1 atom stereocenters. The predicted octanol–water partition coefficient (Wildman–Crippen LogP) is 11.3. The minimum absolute atomic E-state index is 0. The van der Waals surface area contributed by atoms with E-state index in [1.54, 1.807) is 0 Å². The van der Waals surface area contributed by atoms with Gasteiger partial charge in [-0.05, 0) is 26.9 Å². The Morgan fingerprint density at radius 2 is 0.594 bits per heavy atom. The summed E-state index contributed by atoms with van der Waals surface area (Å²) in [5.41, 5.74) is 0. The smallest absolute Gasteiger partial charge is 0.00891 e. The normalized spacial score (nSPS) is 12.3. The van der Waals surface area contributed by atoms with Crippen LogP contribution in [0.3, 0.4) is 0 Å². The molecule has 0 radical (unpaired) electrons. The summed E-state index contributed by atoms with van der Waals surface area (Å²) in [6, 6.07) is 0.821. The van der Waals surface area contributed by atoms with Gasteiger partial charge in [-0.1, -0.05) is 162 Å². The van der Waals surface area contributed by atoms with Crippen LogP contribution in [0.5, 0.6) is 0 Å². The first kappa shape index (κ1) is 34.6. The molecule has 0 spiro atoms. The molecule has 0 aliphatic rings. The van der Waals surface area contributed by atoms with Crippen LogP contribution in [0, 0.1) is 0 Å². The molecule has 0 heterocycles. The highest BCUT2D eigenvalue weighted by Crippen LogP contribution is 2.18. The summed E-state index contributed by atoms with van der Waals surface area (Å²) in [4.78, 5) is 2.49. The van der Waals surface area contributed by atoms with E-state index < -0.39 is 0 Å². The lowest BCUT2D eigenvalue weighted by Gasteiger charge is -2.24. The zero-order valence-electron chi connectivity index (χ0n) is 23.1. The summed E-state index contributed by atoms with van der Waals surface area (Å²) in [6.07, 6.45) is 36.3. The second kappa shape index (κ2) is 29.5. The van der Waals surface area contributed by atoms with Crippen molar-refractivity contribution in [3.8, 4) is 0 Å². The Bertz CT molecular complexity index is 318. The molecule has 1 nitrogen and oxygen atoms in total. The van der Waals surface area contributed by atoms with Gasteiger partial charge >= 0.3 is 0 Å². The van der Waals surface area contributed by atoms with E-state index in [1.165, 1.54) is 161 Å². The minimum atomic E-state index is 0. The van der Waals surface area contributed by atoms with Gasteiger partial charge in [-0.2, -0.15) is 0 Å². The first-order valence-electron chi connectivity index (χ1n) is 14.9. The lowest BCUT2D eigenvalue weighted by atomic mass is 9.99. The van der Waals surface area contributed by atoms with Gasteiger partial charge in [0.05, 0.1) is 0 Å². The van der Waals surface area contributed by atoms with Gasteiger partial charge in [-0.15, -0.1) is 17.0 Å². The van der Waals surface area contributed by atoms with Gasteiger partial charge in [0.15, 0.2) is 0 Å². The van der Waals surface area contributed by atoms with Crippen molar-refractivity contribution in [2.24, 2.45) is 0 Å². The molecular formula is C30H64BrN. The fourth-order valence-electron chi connectivity index (χ4n) is 4.93. The van der Waals surface area contributed by atoms with Gasteiger partial charge in [-0.3, -0.25) is 0 Å². The van der Waals surface area contributed by atoms with Crippen LogP contribution in [0.25, 0.3) is 0 Å². The van der Waals surface area contributed by atoms with Gasteiger partial charge < -0.3 is 4.90 Å². The van der Waals surface area contributed by atoms with Crippen LogP contribution in [-0.2, 0) is 0 Å². The van der Waals surface area contributed by atoms with E-state index in [0.29, 0.717) is 0 Å². The van der Waals surface area contributed by atoms with Crippen LogP contribution < -0.4 is 0 Å². The Hall–Kier alpha value is 0.440. The topological polar surface area (TPSA) is 3.24 Å². The van der Waals surface area contributed by atoms with Gasteiger partial charge in [-0.25, -0.2) is 0 Å². The Balaban J connectivity index is 0. The molecule has 0 N–H and O–H groups in total. The fraction of sp³-hybridized carbons (Fsp3) is 1.00. The number of nitrogens with zero attached hydrogens (tertiary/aromatic N) is 1. The van der Waals surface area contributed by atoms with Crippen molar-refractivity contribution in [1.29, 1.82) is 0 Å². The Morgan fingerprint density at radius 3 is 0.812 bits per heavy atom. The fourth-order valence-corrected chi connectivity index (χ4v) is 4.93. The SMILES string of the molecule is Br.CCCCCCCCCCCCCCCCCC(CCCCCCCCCC)N(C)C. The summed E-state index contributed by atoms with van der Waals surface area (Å²) in [7, 11) is 4.58. The molecule has 0 aliphatic heterocycles. The maximum Gasteiger partial charge on any atom is 0.00891 e. The molecule has 0 aliphatic carbocycles. The highest BCUT2D eigenvalue weighted by molar-refractivity contribution is 8.93. The number of hydrogen-bond donors (Lipinski definition) is 0. The molecule has 0 aromatic heterocycles. The van der Waals surface area contributed by atoms with E-state index in [-0.39, 0.29) is 17.0 Å². The first-order valence-corrected chi connectivity index (χ1v) is 14.9. The zero-order valence-corrected chi connectivity index (χ0v) is 24.8. The van der Waals surface area contributed by atoms with Crippen molar-refractivity contribution in [3.63, 3.8) is 0 Å². The standard InChI is InChI=1S/C30H63N.BrH/c1-5-7-9-11-13-15-16-17-18-19-20-21-23-25-27-29-30(31(3)4)28-26-24-22-14-12-10-8-6-2;/h30H,5-29H2,1-4H3;1H. The predicted molar refractivity (Wildman–Crippen MR) is 155 cm³/mol. The molecule has 0 saturated carbocycles. The quantitative estimate of drug-likeness (QED) is 0.103. The molecular weight excluding hydrogens is 454 g/mol. The van der Waals surface area contributed by atoms with Crippen molar-refractivity contribution < 1.29 is 0 Å². The maximum atomic E-state index is 2.49. The van der Waals surface area contributed by atoms with Crippen molar-refractivity contribution in [2.75, 3.05) is 14.1 Å². The molecule has 196 valence electrons. The highest BCUT2D eigenvalue weighted by atomic mass is 79.9. The molecule has 32 heavy (non-hydrogen) atoms. The van der Waals surface area contributed by atoms with E-state index in [2.05, 4.69) is 32.8 Å². The molecule has 0 amide bonds. The molecule has 1 unspecified atom stereocenters. The third kappa shape index (κ3) is 26.7. The molecule has 2 heteroatoms. The van der Waals surface area contributed by atoms with Crippen molar-refractivity contribution >= 4 is 17.0 Å². The van der Waals surface area contributed by atoms with Crippen molar-refractivity contribution in [3.05, 3.63) is 0 Å². The summed E-state index contributed by atoms with van der Waals surface area (Å²) < 4.78 is 0. The number of unbranched alkanes of at least 4 members (excludes halogenated alkanes) is 21. The van der Waals surface area contributed by atoms with Gasteiger partial charge in [0, 0.05) is 6.04 Å². The largest absolute Gasteiger partial charge is 0.306 e. The Morgan fingerprint density at radius 1 is 0.375 bits per heavy atom. The first-order chi connectivity index (χ1) is 15.2. The van der Waals surface area contributed by atoms with Gasteiger partial charge in [0.2, 0.25) is 0 Å². The molecule has 0 aromatic rings. The maximum absolute atomic E-state index is 2.49. The van der Waals surface area contributed by atoms with Crippen LogP contribution in [0.15, 0.2) is 0 Å². The summed E-state index contributed by atoms with van der Waals surface area (Å²) >= 11 is 0. The highest BCUT2D eigenvalue weighted by Gasteiger charge is 2.10. The minimum Gasteiger partial charge on any atom is -0.306 e. The van der Waals surface area contributed by atoms with Crippen LogP contribution in [0.1, 0.15) is 174 Å². The van der Waals surface area contributed by atoms with Crippen LogP contribution in [-0.4, -0.2) is 25.0 Å². The van der Waals surface area contributed by atoms with Crippen molar-refractivity contribution in [1.82, 2.24) is 4.90 Å². The molecule has 0 saturated heterocycles. The van der Waals surface area contributed by atoms with Crippen molar-refractivity contribution in [2.45, 2.75) is 180 Å². The molecule has 0 rings (SSSR count). The number of hydrogen-bond acceptors (Lipinski definition) is 1. The van der Waals surface area contributed by atoms with Crippen LogP contribution >= 0.6 is 17.0 Å². The summed E-state index contributed by atoms with van der Waals surface area (Å²) in [6.45, 7) is 4.61. The Labute approximate surface area is 216 Å². The number of rotatable bonds is 26. The second-order valence-corrected chi connectivity index (χ2v) is 10.6. The van der Waals surface area contributed by atoms with Gasteiger partial charge in [0.1, 0.15) is 0 Å². The summed E-state index contributed by atoms with van der Waals surface area (Å²) in [5.74, 6) is 0. The van der Waals surface area contributed by atoms with E-state index in [4.69, 9.17) is 0 Å².